The van der Waals surface area contributed by atoms with Gasteiger partial charge >= 0.3 is 11.9 Å². The number of carbonyl (C=O) groups is 3. The molecule has 2 N–H and O–H groups in total. The van der Waals surface area contributed by atoms with Crippen molar-refractivity contribution < 1.29 is 33.7 Å². The van der Waals surface area contributed by atoms with E-state index in [1.165, 1.54) is 19.2 Å². The second-order valence-electron chi connectivity index (χ2n) is 8.55. The van der Waals surface area contributed by atoms with Gasteiger partial charge in [0.05, 0.1) is 20.8 Å². The molecule has 36 heavy (non-hydrogen) atoms. The third-order valence-electron chi connectivity index (χ3n) is 6.35. The summed E-state index contributed by atoms with van der Waals surface area (Å²) in [6.07, 6.45) is 1.21. The van der Waals surface area contributed by atoms with Gasteiger partial charge in [0, 0.05) is 12.8 Å². The van der Waals surface area contributed by atoms with E-state index in [9.17, 15) is 19.5 Å². The topological polar surface area (TPSA) is 114 Å². The normalized spacial score (nSPS) is 18.1. The molecule has 3 unspecified atom stereocenters. The summed E-state index contributed by atoms with van der Waals surface area (Å²) in [5, 5.41) is 11.5. The lowest BCUT2D eigenvalue weighted by molar-refractivity contribution is -0.156. The van der Waals surface area contributed by atoms with Crippen molar-refractivity contribution in [1.82, 2.24) is 10.4 Å². The lowest BCUT2D eigenvalue weighted by atomic mass is 9.86. The van der Waals surface area contributed by atoms with Gasteiger partial charge in [0.15, 0.2) is 17.3 Å². The van der Waals surface area contributed by atoms with Crippen molar-refractivity contribution in [2.75, 3.05) is 20.8 Å². The van der Waals surface area contributed by atoms with E-state index in [0.29, 0.717) is 35.5 Å². The summed E-state index contributed by atoms with van der Waals surface area (Å²) in [5.41, 5.74) is 5.44. The number of benzene rings is 2. The highest BCUT2D eigenvalue weighted by Crippen LogP contribution is 2.40. The van der Waals surface area contributed by atoms with Gasteiger partial charge in [-0.25, -0.2) is 10.4 Å². The van der Waals surface area contributed by atoms with Gasteiger partial charge in [-0.1, -0.05) is 37.3 Å². The van der Waals surface area contributed by atoms with Crippen LogP contribution in [0, 0.1) is 0 Å². The van der Waals surface area contributed by atoms with Crippen molar-refractivity contribution in [3.05, 3.63) is 59.2 Å². The van der Waals surface area contributed by atoms with E-state index in [0.717, 1.165) is 5.56 Å². The molecule has 1 aliphatic heterocycles. The molecule has 0 spiro atoms. The fourth-order valence-corrected chi connectivity index (χ4v) is 4.51. The Bertz CT molecular complexity index is 1070. The maximum absolute atomic E-state index is 13.3. The first-order valence-corrected chi connectivity index (χ1v) is 12.1. The number of ketones is 1. The van der Waals surface area contributed by atoms with Crippen LogP contribution in [0.4, 0.5) is 0 Å². The van der Waals surface area contributed by atoms with Crippen molar-refractivity contribution in [3.8, 4) is 11.5 Å². The van der Waals surface area contributed by atoms with Gasteiger partial charge in [-0.05, 0) is 48.6 Å². The van der Waals surface area contributed by atoms with Gasteiger partial charge in [-0.3, -0.25) is 14.4 Å². The lowest BCUT2D eigenvalue weighted by Crippen LogP contribution is -2.60. The summed E-state index contributed by atoms with van der Waals surface area (Å²) in [4.78, 5) is 38.6. The van der Waals surface area contributed by atoms with Crippen molar-refractivity contribution >= 4 is 17.7 Å². The molecule has 3 atom stereocenters. The molecule has 0 aliphatic carbocycles. The number of carboxylic acids is 1. The standard InChI is InChI=1S/C27H34N2O7/c1-5-22(30)25-19-16-24(35-4)23(34-3)15-18(19)14-21(26(31)32)29(25)28-20(27(33)36-6-2)13-12-17-10-8-7-9-11-17/h7-11,15-16,20-21,25,28H,5-6,12-14H2,1-4H3,(H,31,32). The van der Waals surface area contributed by atoms with Crippen LogP contribution in [-0.2, 0) is 32.0 Å². The van der Waals surface area contributed by atoms with E-state index in [2.05, 4.69) is 5.43 Å². The Morgan fingerprint density at radius 2 is 1.75 bits per heavy atom. The predicted octanol–water partition coefficient (Wildman–Crippen LogP) is 3.10. The number of rotatable bonds is 12. The molecule has 2 aromatic rings. The number of carboxylic acid groups (broad SMARTS) is 1. The molecule has 3 rings (SSSR count). The Morgan fingerprint density at radius 1 is 1.08 bits per heavy atom. The number of hydrogen-bond acceptors (Lipinski definition) is 8. The maximum atomic E-state index is 13.3. The second kappa shape index (κ2) is 12.5. The minimum atomic E-state index is -1.11. The van der Waals surface area contributed by atoms with Gasteiger partial charge in [0.1, 0.15) is 18.1 Å². The van der Waals surface area contributed by atoms with Gasteiger partial charge in [-0.2, -0.15) is 0 Å². The SMILES string of the molecule is CCOC(=O)C(CCc1ccccc1)NN1C(C(=O)O)Cc2cc(OC)c(OC)cc2C1C(=O)CC. The number of fused-ring (bicyclic) bond motifs is 1. The number of hydrazine groups is 1. The van der Waals surface area contributed by atoms with Crippen molar-refractivity contribution in [3.63, 3.8) is 0 Å². The number of aryl methyl sites for hydroxylation is 1. The van der Waals surface area contributed by atoms with Crippen LogP contribution < -0.4 is 14.9 Å². The zero-order valence-corrected chi connectivity index (χ0v) is 21.2. The number of nitrogens with zero attached hydrogens (tertiary/aromatic N) is 1. The first-order valence-electron chi connectivity index (χ1n) is 12.1. The number of methoxy groups -OCH3 is 2. The van der Waals surface area contributed by atoms with Crippen LogP contribution in [0.25, 0.3) is 0 Å². The van der Waals surface area contributed by atoms with E-state index in [1.54, 1.807) is 26.0 Å². The Balaban J connectivity index is 2.03. The van der Waals surface area contributed by atoms with E-state index in [4.69, 9.17) is 14.2 Å². The Morgan fingerprint density at radius 3 is 2.33 bits per heavy atom. The van der Waals surface area contributed by atoms with Crippen LogP contribution >= 0.6 is 0 Å². The molecule has 0 radical (unpaired) electrons. The Labute approximate surface area is 211 Å². The van der Waals surface area contributed by atoms with Crippen LogP contribution in [0.15, 0.2) is 42.5 Å². The molecule has 2 aromatic carbocycles. The van der Waals surface area contributed by atoms with E-state index >= 15 is 0 Å². The van der Waals surface area contributed by atoms with Crippen molar-refractivity contribution in [2.45, 2.75) is 57.7 Å². The largest absolute Gasteiger partial charge is 0.493 e. The lowest BCUT2D eigenvalue weighted by Gasteiger charge is -2.42. The second-order valence-corrected chi connectivity index (χ2v) is 8.55. The number of nitrogens with one attached hydrogen (secondary N) is 1. The third-order valence-corrected chi connectivity index (χ3v) is 6.35. The molecule has 0 saturated carbocycles. The van der Waals surface area contributed by atoms with Gasteiger partial charge < -0.3 is 19.3 Å². The number of carbonyl (C=O) groups excluding carboxylic acids is 2. The van der Waals surface area contributed by atoms with Crippen LogP contribution in [0.5, 0.6) is 11.5 Å². The molecule has 0 aromatic heterocycles. The quantitative estimate of drug-likeness (QED) is 0.426. The molecule has 1 aliphatic rings. The van der Waals surface area contributed by atoms with E-state index in [1.807, 2.05) is 30.3 Å². The molecule has 0 saturated heterocycles. The average molecular weight is 499 g/mol. The summed E-state index contributed by atoms with van der Waals surface area (Å²) in [6.45, 7) is 3.62. The number of hydrogen-bond donors (Lipinski definition) is 2. The molecular formula is C27H34N2O7. The molecule has 9 nitrogen and oxygen atoms in total. The first kappa shape index (κ1) is 27.2. The smallest absolute Gasteiger partial charge is 0.324 e. The van der Waals surface area contributed by atoms with Crippen molar-refractivity contribution in [2.24, 2.45) is 0 Å². The first-order chi connectivity index (χ1) is 17.3. The summed E-state index contributed by atoms with van der Waals surface area (Å²) in [7, 11) is 3.00. The fourth-order valence-electron chi connectivity index (χ4n) is 4.51. The van der Waals surface area contributed by atoms with Crippen molar-refractivity contribution in [1.29, 1.82) is 0 Å². The van der Waals surface area contributed by atoms with Crippen LogP contribution in [-0.4, -0.2) is 60.7 Å². The molecule has 1 heterocycles. The number of aliphatic carboxylic acids is 1. The fraction of sp³-hybridized carbons (Fsp3) is 0.444. The monoisotopic (exact) mass is 498 g/mol. The van der Waals surface area contributed by atoms with Gasteiger partial charge in [-0.15, -0.1) is 0 Å². The Kier molecular flexibility index (Phi) is 9.44. The molecular weight excluding hydrogens is 464 g/mol. The zero-order valence-electron chi connectivity index (χ0n) is 21.2. The van der Waals surface area contributed by atoms with E-state index < -0.39 is 30.1 Å². The maximum Gasteiger partial charge on any atom is 0.324 e. The minimum Gasteiger partial charge on any atom is -0.493 e. The highest BCUT2D eigenvalue weighted by molar-refractivity contribution is 5.88. The van der Waals surface area contributed by atoms with Crippen LogP contribution in [0.1, 0.15) is 49.4 Å². The zero-order chi connectivity index (χ0) is 26.2. The average Bonchev–Trinajstić information content (AvgIpc) is 2.89. The molecule has 0 fully saturated rings. The predicted molar refractivity (Wildman–Crippen MR) is 133 cm³/mol. The third kappa shape index (κ3) is 6.03. The molecule has 194 valence electrons. The Hall–Kier alpha value is -3.43. The summed E-state index contributed by atoms with van der Waals surface area (Å²) in [6, 6.07) is 10.2. The van der Waals surface area contributed by atoms with Crippen LogP contribution in [0.3, 0.4) is 0 Å². The summed E-state index contributed by atoms with van der Waals surface area (Å²) >= 11 is 0. The highest BCUT2D eigenvalue weighted by Gasteiger charge is 2.43. The van der Waals surface area contributed by atoms with E-state index in [-0.39, 0.29) is 25.2 Å². The molecule has 0 amide bonds. The van der Waals surface area contributed by atoms with Gasteiger partial charge in [0.2, 0.25) is 0 Å². The minimum absolute atomic E-state index is 0.111. The number of esters is 1. The summed E-state index contributed by atoms with van der Waals surface area (Å²) < 4.78 is 16.1. The summed E-state index contributed by atoms with van der Waals surface area (Å²) in [5.74, 6) is -0.907. The van der Waals surface area contributed by atoms with Gasteiger partial charge in [0.25, 0.3) is 0 Å². The number of ether oxygens (including phenoxy) is 3. The highest BCUT2D eigenvalue weighted by atomic mass is 16.5. The number of Topliss-reactive ketones (excluding diaryl/α,β-unsaturated/α-hetero) is 1. The molecule has 0 bridgehead atoms. The van der Waals surface area contributed by atoms with Crippen LogP contribution in [0.2, 0.25) is 0 Å². The molecule has 9 heteroatoms.